The smallest absolute Gasteiger partial charge is 0.340 e. The Hall–Kier alpha value is -2.07. The normalized spacial score (nSPS) is 10.7. The molecule has 0 aliphatic rings. The van der Waals surface area contributed by atoms with Gasteiger partial charge in [-0.25, -0.2) is 4.79 Å². The van der Waals surface area contributed by atoms with Crippen molar-refractivity contribution in [3.05, 3.63) is 70.3 Å². The Bertz CT molecular complexity index is 750. The summed E-state index contributed by atoms with van der Waals surface area (Å²) in [6, 6.07) is 15.2. The molecule has 1 N–H and O–H groups in total. The number of halogens is 1. The lowest BCUT2D eigenvalue weighted by molar-refractivity contribution is 0.0475. The number of esters is 1. The number of para-hydroxylation sites is 1. The van der Waals surface area contributed by atoms with E-state index in [9.17, 15) is 4.79 Å². The van der Waals surface area contributed by atoms with Gasteiger partial charge in [0.05, 0.1) is 11.1 Å². The number of nitrogens with one attached hydrogen (secondary N) is 1. The van der Waals surface area contributed by atoms with Crippen molar-refractivity contribution in [1.82, 2.24) is 4.98 Å². The molecule has 3 aromatic rings. The zero-order chi connectivity index (χ0) is 13.9. The van der Waals surface area contributed by atoms with E-state index in [0.29, 0.717) is 5.56 Å². The van der Waals surface area contributed by atoms with Crippen LogP contribution in [0.25, 0.3) is 10.9 Å². The summed E-state index contributed by atoms with van der Waals surface area (Å²) in [6.45, 7) is 0.276. The number of aromatic nitrogens is 1. The van der Waals surface area contributed by atoms with Gasteiger partial charge in [0.1, 0.15) is 6.61 Å². The van der Waals surface area contributed by atoms with Crippen molar-refractivity contribution in [3.8, 4) is 0 Å². The molecule has 0 unspecified atom stereocenters. The molecule has 20 heavy (non-hydrogen) atoms. The number of ether oxygens (including phenoxy) is 1. The number of fused-ring (bicyclic) bond motifs is 1. The summed E-state index contributed by atoms with van der Waals surface area (Å²) in [7, 11) is 0. The Balaban J connectivity index is 1.82. The third-order valence-electron chi connectivity index (χ3n) is 3.10. The van der Waals surface area contributed by atoms with Crippen LogP contribution in [0.4, 0.5) is 0 Å². The van der Waals surface area contributed by atoms with Gasteiger partial charge in [-0.15, -0.1) is 0 Å². The molecule has 0 saturated carbocycles. The van der Waals surface area contributed by atoms with E-state index in [1.54, 1.807) is 6.07 Å². The number of carbonyl (C=O) groups excluding carboxylic acids is 1. The molecule has 0 fully saturated rings. The highest BCUT2D eigenvalue weighted by atomic mass is 79.9. The maximum Gasteiger partial charge on any atom is 0.340 e. The van der Waals surface area contributed by atoms with Crippen molar-refractivity contribution in [2.75, 3.05) is 0 Å². The van der Waals surface area contributed by atoms with E-state index in [0.717, 1.165) is 20.9 Å². The topological polar surface area (TPSA) is 42.1 Å². The van der Waals surface area contributed by atoms with Gasteiger partial charge in [-0.05, 0) is 27.6 Å². The van der Waals surface area contributed by atoms with Crippen molar-refractivity contribution >= 4 is 32.8 Å². The molecule has 4 heteroatoms. The summed E-state index contributed by atoms with van der Waals surface area (Å²) in [5.41, 5.74) is 2.31. The molecule has 0 saturated heterocycles. The second-order valence-electron chi connectivity index (χ2n) is 4.43. The van der Waals surface area contributed by atoms with Crippen LogP contribution in [0.3, 0.4) is 0 Å². The van der Waals surface area contributed by atoms with Crippen LogP contribution in [-0.2, 0) is 11.3 Å². The molecule has 3 rings (SSSR count). The molecule has 0 atom stereocenters. The van der Waals surface area contributed by atoms with Gasteiger partial charge in [0.2, 0.25) is 0 Å². The molecule has 0 amide bonds. The Labute approximate surface area is 124 Å². The van der Waals surface area contributed by atoms with Gasteiger partial charge >= 0.3 is 5.97 Å². The van der Waals surface area contributed by atoms with Crippen LogP contribution in [0.15, 0.2) is 59.2 Å². The van der Waals surface area contributed by atoms with Crippen molar-refractivity contribution in [1.29, 1.82) is 0 Å². The molecule has 0 aliphatic carbocycles. The maximum atomic E-state index is 12.2. The lowest BCUT2D eigenvalue weighted by Gasteiger charge is -2.06. The van der Waals surface area contributed by atoms with Crippen LogP contribution in [0.5, 0.6) is 0 Å². The number of carbonyl (C=O) groups is 1. The Morgan fingerprint density at radius 2 is 1.90 bits per heavy atom. The fourth-order valence-corrected chi connectivity index (χ4v) is 2.54. The monoisotopic (exact) mass is 329 g/mol. The zero-order valence-corrected chi connectivity index (χ0v) is 12.2. The van der Waals surface area contributed by atoms with Crippen LogP contribution in [-0.4, -0.2) is 11.0 Å². The Morgan fingerprint density at radius 1 is 1.10 bits per heavy atom. The van der Waals surface area contributed by atoms with Gasteiger partial charge in [0.15, 0.2) is 0 Å². The highest BCUT2D eigenvalue weighted by Crippen LogP contribution is 2.26. The van der Waals surface area contributed by atoms with Crippen molar-refractivity contribution in [2.45, 2.75) is 6.61 Å². The number of hydrogen-bond donors (Lipinski definition) is 1. The molecule has 100 valence electrons. The largest absolute Gasteiger partial charge is 0.457 e. The van der Waals surface area contributed by atoms with Gasteiger partial charge in [-0.3, -0.25) is 0 Å². The minimum atomic E-state index is -0.325. The summed E-state index contributed by atoms with van der Waals surface area (Å²) in [5, 5.41) is 0.971. The average molecular weight is 330 g/mol. The third-order valence-corrected chi connectivity index (χ3v) is 3.75. The molecule has 0 bridgehead atoms. The fraction of sp³-hybridized carbons (Fsp3) is 0.0625. The molecule has 1 aromatic heterocycles. The third kappa shape index (κ3) is 2.47. The first-order valence-electron chi connectivity index (χ1n) is 6.22. The number of benzene rings is 2. The van der Waals surface area contributed by atoms with E-state index < -0.39 is 0 Å². The first-order chi connectivity index (χ1) is 9.75. The number of hydrogen-bond acceptors (Lipinski definition) is 2. The van der Waals surface area contributed by atoms with E-state index in [-0.39, 0.29) is 12.6 Å². The van der Waals surface area contributed by atoms with Crippen LogP contribution in [0, 0.1) is 0 Å². The molecule has 0 aliphatic heterocycles. The van der Waals surface area contributed by atoms with Crippen molar-refractivity contribution in [3.63, 3.8) is 0 Å². The number of H-pyrrole nitrogens is 1. The lowest BCUT2D eigenvalue weighted by Crippen LogP contribution is -2.05. The minimum Gasteiger partial charge on any atom is -0.457 e. The molecule has 0 radical (unpaired) electrons. The quantitative estimate of drug-likeness (QED) is 0.728. The van der Waals surface area contributed by atoms with Crippen LogP contribution in [0.2, 0.25) is 0 Å². The minimum absolute atomic E-state index is 0.276. The van der Waals surface area contributed by atoms with E-state index in [1.165, 1.54) is 0 Å². The summed E-state index contributed by atoms with van der Waals surface area (Å²) in [5.74, 6) is -0.325. The first kappa shape index (κ1) is 12.9. The van der Waals surface area contributed by atoms with Gasteiger partial charge in [0.25, 0.3) is 0 Å². The highest BCUT2D eigenvalue weighted by Gasteiger charge is 2.13. The standard InChI is InChI=1S/C16H12BrNO2/c17-14-9-18-15-12(14)7-4-8-13(15)16(19)20-10-11-5-2-1-3-6-11/h1-9,18H,10H2. The SMILES string of the molecule is O=C(OCc1ccccc1)c1cccc2c(Br)c[nH]c12. The summed E-state index contributed by atoms with van der Waals surface area (Å²) in [6.07, 6.45) is 1.82. The lowest BCUT2D eigenvalue weighted by atomic mass is 10.1. The van der Waals surface area contributed by atoms with E-state index in [2.05, 4.69) is 20.9 Å². The Kier molecular flexibility index (Phi) is 3.56. The second-order valence-corrected chi connectivity index (χ2v) is 5.28. The van der Waals surface area contributed by atoms with Crippen LogP contribution >= 0.6 is 15.9 Å². The summed E-state index contributed by atoms with van der Waals surface area (Å²) in [4.78, 5) is 15.3. The van der Waals surface area contributed by atoms with E-state index in [1.807, 2.05) is 48.7 Å². The molecule has 3 nitrogen and oxygen atoms in total. The van der Waals surface area contributed by atoms with Crippen molar-refractivity contribution in [2.24, 2.45) is 0 Å². The van der Waals surface area contributed by atoms with Gasteiger partial charge in [0, 0.05) is 16.1 Å². The van der Waals surface area contributed by atoms with Crippen LogP contribution in [0.1, 0.15) is 15.9 Å². The molecule has 2 aromatic carbocycles. The predicted octanol–water partition coefficient (Wildman–Crippen LogP) is 4.29. The maximum absolute atomic E-state index is 12.2. The summed E-state index contributed by atoms with van der Waals surface area (Å²) < 4.78 is 6.29. The van der Waals surface area contributed by atoms with E-state index >= 15 is 0 Å². The number of rotatable bonds is 3. The predicted molar refractivity (Wildman–Crippen MR) is 81.6 cm³/mol. The fourth-order valence-electron chi connectivity index (χ4n) is 2.09. The molecular formula is C16H12BrNO2. The number of aromatic amines is 1. The second kappa shape index (κ2) is 5.51. The molecule has 0 spiro atoms. The van der Waals surface area contributed by atoms with E-state index in [4.69, 9.17) is 4.74 Å². The van der Waals surface area contributed by atoms with Gasteiger partial charge < -0.3 is 9.72 Å². The van der Waals surface area contributed by atoms with Crippen molar-refractivity contribution < 1.29 is 9.53 Å². The molecule has 1 heterocycles. The Morgan fingerprint density at radius 3 is 2.70 bits per heavy atom. The van der Waals surface area contributed by atoms with Crippen LogP contribution < -0.4 is 0 Å². The highest BCUT2D eigenvalue weighted by molar-refractivity contribution is 9.10. The van der Waals surface area contributed by atoms with Gasteiger partial charge in [-0.1, -0.05) is 42.5 Å². The summed E-state index contributed by atoms with van der Waals surface area (Å²) >= 11 is 3.44. The van der Waals surface area contributed by atoms with Gasteiger partial charge in [-0.2, -0.15) is 0 Å². The first-order valence-corrected chi connectivity index (χ1v) is 7.01. The average Bonchev–Trinajstić information content (AvgIpc) is 2.87. The zero-order valence-electron chi connectivity index (χ0n) is 10.6. The molecular weight excluding hydrogens is 318 g/mol.